The molecule has 0 fully saturated rings. The fraction of sp³-hybridized carbons (Fsp3) is 0.857. The van der Waals surface area contributed by atoms with Crippen LogP contribution in [0.5, 0.6) is 0 Å². The van der Waals surface area contributed by atoms with E-state index in [2.05, 4.69) is 25.3 Å². The highest BCUT2D eigenvalue weighted by Crippen LogP contribution is 2.24. The lowest BCUT2D eigenvalue weighted by Crippen LogP contribution is -2.37. The van der Waals surface area contributed by atoms with Crippen LogP contribution in [0, 0.1) is 0 Å². The van der Waals surface area contributed by atoms with E-state index in [0.29, 0.717) is 6.04 Å². The molecule has 1 atom stereocenters. The largest absolute Gasteiger partial charge is 0.379 e. The Morgan fingerprint density at radius 3 is 2.76 bits per heavy atom. The van der Waals surface area contributed by atoms with Gasteiger partial charge in [-0.05, 0) is 58.8 Å². The number of hydrogen-bond acceptors (Lipinski definition) is 3. The van der Waals surface area contributed by atoms with E-state index in [4.69, 9.17) is 10.6 Å². The van der Waals surface area contributed by atoms with Crippen LogP contribution < -0.4 is 11.3 Å². The molecule has 0 heterocycles. The maximum absolute atomic E-state index is 5.64. The SMILES string of the molecule is COC(C)(C)CCC(CC1=CCCCC1)NN. The van der Waals surface area contributed by atoms with Crippen molar-refractivity contribution >= 4 is 0 Å². The first-order valence-corrected chi connectivity index (χ1v) is 6.76. The quantitative estimate of drug-likeness (QED) is 0.408. The molecular weight excluding hydrogens is 212 g/mol. The van der Waals surface area contributed by atoms with E-state index in [1.807, 2.05) is 0 Å². The Kier molecular flexibility index (Phi) is 6.17. The highest BCUT2D eigenvalue weighted by atomic mass is 16.5. The van der Waals surface area contributed by atoms with Crippen LogP contribution in [0.2, 0.25) is 0 Å². The van der Waals surface area contributed by atoms with E-state index in [1.54, 1.807) is 12.7 Å². The number of hydrazine groups is 1. The average molecular weight is 240 g/mol. The van der Waals surface area contributed by atoms with E-state index in [1.165, 1.54) is 25.7 Å². The zero-order valence-electron chi connectivity index (χ0n) is 11.6. The topological polar surface area (TPSA) is 47.3 Å². The fourth-order valence-corrected chi connectivity index (χ4v) is 2.27. The molecule has 0 aromatic rings. The number of rotatable bonds is 7. The molecule has 100 valence electrons. The first-order valence-electron chi connectivity index (χ1n) is 6.76. The lowest BCUT2D eigenvalue weighted by Gasteiger charge is -2.26. The molecule has 0 bridgehead atoms. The summed E-state index contributed by atoms with van der Waals surface area (Å²) in [5.74, 6) is 5.64. The van der Waals surface area contributed by atoms with Crippen LogP contribution in [0.15, 0.2) is 11.6 Å². The zero-order chi connectivity index (χ0) is 12.7. The van der Waals surface area contributed by atoms with Crippen molar-refractivity contribution in [3.8, 4) is 0 Å². The number of nitrogens with two attached hydrogens (primary N) is 1. The van der Waals surface area contributed by atoms with Gasteiger partial charge in [-0.2, -0.15) is 0 Å². The molecule has 1 aliphatic carbocycles. The smallest absolute Gasteiger partial charge is 0.0623 e. The van der Waals surface area contributed by atoms with Gasteiger partial charge in [-0.15, -0.1) is 0 Å². The molecule has 0 saturated carbocycles. The summed E-state index contributed by atoms with van der Waals surface area (Å²) in [6.07, 6.45) is 10.8. The Hall–Kier alpha value is -0.380. The molecule has 0 aliphatic heterocycles. The molecule has 0 spiro atoms. The Balaban J connectivity index is 2.35. The van der Waals surface area contributed by atoms with E-state index in [9.17, 15) is 0 Å². The number of methoxy groups -OCH3 is 1. The van der Waals surface area contributed by atoms with Crippen LogP contribution in [0.3, 0.4) is 0 Å². The number of nitrogens with one attached hydrogen (secondary N) is 1. The van der Waals surface area contributed by atoms with E-state index in [0.717, 1.165) is 19.3 Å². The van der Waals surface area contributed by atoms with Crippen LogP contribution in [0.4, 0.5) is 0 Å². The molecule has 3 nitrogen and oxygen atoms in total. The van der Waals surface area contributed by atoms with Crippen molar-refractivity contribution in [2.75, 3.05) is 7.11 Å². The van der Waals surface area contributed by atoms with Crippen molar-refractivity contribution in [1.82, 2.24) is 5.43 Å². The summed E-state index contributed by atoms with van der Waals surface area (Å²) in [4.78, 5) is 0. The van der Waals surface area contributed by atoms with Crippen LogP contribution >= 0.6 is 0 Å². The third kappa shape index (κ3) is 5.66. The number of ether oxygens (including phenoxy) is 1. The molecule has 0 saturated heterocycles. The van der Waals surface area contributed by atoms with Crippen LogP contribution in [-0.2, 0) is 4.74 Å². The second-order valence-electron chi connectivity index (χ2n) is 5.68. The van der Waals surface area contributed by atoms with E-state index in [-0.39, 0.29) is 5.60 Å². The second kappa shape index (κ2) is 7.14. The number of hydrogen-bond donors (Lipinski definition) is 2. The Morgan fingerprint density at radius 2 is 2.24 bits per heavy atom. The molecule has 0 aromatic heterocycles. The van der Waals surface area contributed by atoms with Crippen molar-refractivity contribution in [1.29, 1.82) is 0 Å². The standard InChI is InChI=1S/C14H28N2O/c1-14(2,17-3)10-9-13(16-15)11-12-7-5-4-6-8-12/h7,13,16H,4-6,8-11,15H2,1-3H3. The van der Waals surface area contributed by atoms with Gasteiger partial charge in [0.1, 0.15) is 0 Å². The molecule has 0 amide bonds. The summed E-state index contributed by atoms with van der Waals surface area (Å²) >= 11 is 0. The van der Waals surface area contributed by atoms with Gasteiger partial charge >= 0.3 is 0 Å². The first kappa shape index (κ1) is 14.7. The molecule has 3 heteroatoms. The minimum absolute atomic E-state index is 0.0456. The summed E-state index contributed by atoms with van der Waals surface area (Å²) < 4.78 is 5.44. The van der Waals surface area contributed by atoms with Gasteiger partial charge < -0.3 is 4.74 Å². The summed E-state index contributed by atoms with van der Waals surface area (Å²) in [7, 11) is 1.77. The van der Waals surface area contributed by atoms with Gasteiger partial charge in [0.05, 0.1) is 5.60 Å². The predicted octanol–water partition coefficient (Wildman–Crippen LogP) is 2.91. The van der Waals surface area contributed by atoms with Crippen LogP contribution in [0.1, 0.15) is 58.8 Å². The zero-order valence-corrected chi connectivity index (χ0v) is 11.6. The highest BCUT2D eigenvalue weighted by molar-refractivity contribution is 5.06. The van der Waals surface area contributed by atoms with E-state index >= 15 is 0 Å². The molecule has 17 heavy (non-hydrogen) atoms. The minimum Gasteiger partial charge on any atom is -0.379 e. The molecule has 1 rings (SSSR count). The van der Waals surface area contributed by atoms with E-state index < -0.39 is 0 Å². The van der Waals surface area contributed by atoms with Crippen molar-refractivity contribution < 1.29 is 4.74 Å². The second-order valence-corrected chi connectivity index (χ2v) is 5.68. The predicted molar refractivity (Wildman–Crippen MR) is 72.6 cm³/mol. The van der Waals surface area contributed by atoms with Gasteiger partial charge in [0.2, 0.25) is 0 Å². The maximum Gasteiger partial charge on any atom is 0.0623 e. The lowest BCUT2D eigenvalue weighted by molar-refractivity contribution is 0.0117. The molecule has 1 aliphatic rings. The molecular formula is C14H28N2O. The van der Waals surface area contributed by atoms with Crippen LogP contribution in [0.25, 0.3) is 0 Å². The van der Waals surface area contributed by atoms with Gasteiger partial charge in [-0.25, -0.2) is 0 Å². The summed E-state index contributed by atoms with van der Waals surface area (Å²) in [5, 5.41) is 0. The fourth-order valence-electron chi connectivity index (χ4n) is 2.27. The van der Waals surface area contributed by atoms with Gasteiger partial charge in [-0.3, -0.25) is 11.3 Å². The third-order valence-electron chi connectivity index (χ3n) is 3.78. The van der Waals surface area contributed by atoms with Crippen molar-refractivity contribution in [3.05, 3.63) is 11.6 Å². The summed E-state index contributed by atoms with van der Waals surface area (Å²) in [6.45, 7) is 4.25. The molecule has 1 unspecified atom stereocenters. The lowest BCUT2D eigenvalue weighted by atomic mass is 9.91. The average Bonchev–Trinajstić information content (AvgIpc) is 2.35. The van der Waals surface area contributed by atoms with Crippen molar-refractivity contribution in [2.24, 2.45) is 5.84 Å². The number of allylic oxidation sites excluding steroid dienone is 1. The van der Waals surface area contributed by atoms with Crippen molar-refractivity contribution in [2.45, 2.75) is 70.4 Å². The van der Waals surface area contributed by atoms with Gasteiger partial charge in [0.15, 0.2) is 0 Å². The van der Waals surface area contributed by atoms with Crippen molar-refractivity contribution in [3.63, 3.8) is 0 Å². The monoisotopic (exact) mass is 240 g/mol. The van der Waals surface area contributed by atoms with Gasteiger partial charge in [0, 0.05) is 13.2 Å². The van der Waals surface area contributed by atoms with Gasteiger partial charge in [0.25, 0.3) is 0 Å². The summed E-state index contributed by atoms with van der Waals surface area (Å²) in [5.41, 5.74) is 4.48. The molecule has 0 aromatic carbocycles. The Labute approximate surface area is 106 Å². The molecule has 0 radical (unpaired) electrons. The third-order valence-corrected chi connectivity index (χ3v) is 3.78. The normalized spacial score (nSPS) is 18.9. The first-order chi connectivity index (χ1) is 8.07. The maximum atomic E-state index is 5.64. The van der Waals surface area contributed by atoms with Crippen LogP contribution in [-0.4, -0.2) is 18.8 Å². The molecule has 3 N–H and O–H groups in total. The minimum atomic E-state index is -0.0456. The van der Waals surface area contributed by atoms with Gasteiger partial charge in [-0.1, -0.05) is 11.6 Å². The summed E-state index contributed by atoms with van der Waals surface area (Å²) in [6, 6.07) is 0.383. The Bertz CT molecular complexity index is 249. The highest BCUT2D eigenvalue weighted by Gasteiger charge is 2.19. The Morgan fingerprint density at radius 1 is 1.47 bits per heavy atom.